The molecule has 2 aliphatic heterocycles. The summed E-state index contributed by atoms with van der Waals surface area (Å²) in [6.45, 7) is 3.60. The number of amides is 1. The first-order valence-electron chi connectivity index (χ1n) is 14.0. The van der Waals surface area contributed by atoms with Crippen LogP contribution in [0.1, 0.15) is 49.1 Å². The van der Waals surface area contributed by atoms with Crippen molar-refractivity contribution in [1.29, 1.82) is 0 Å². The van der Waals surface area contributed by atoms with Crippen LogP contribution in [0.5, 0.6) is 0 Å². The van der Waals surface area contributed by atoms with E-state index in [9.17, 15) is 13.2 Å². The fraction of sp³-hybridized carbons (Fsp3) is 0.500. The molecule has 2 saturated heterocycles. The first-order chi connectivity index (χ1) is 18.9. The van der Waals surface area contributed by atoms with Gasteiger partial charge in [-0.25, -0.2) is 12.7 Å². The molecule has 0 unspecified atom stereocenters. The summed E-state index contributed by atoms with van der Waals surface area (Å²) in [6.07, 6.45) is 6.67. The Morgan fingerprint density at radius 3 is 2.56 bits per heavy atom. The van der Waals surface area contributed by atoms with E-state index in [2.05, 4.69) is 28.1 Å². The van der Waals surface area contributed by atoms with Gasteiger partial charge in [0.2, 0.25) is 15.9 Å². The highest BCUT2D eigenvalue weighted by Gasteiger charge is 2.31. The number of fused-ring (bicyclic) bond motifs is 1. The van der Waals surface area contributed by atoms with E-state index in [0.717, 1.165) is 66.4 Å². The Hall–Kier alpha value is -2.72. The zero-order valence-corrected chi connectivity index (χ0v) is 23.6. The van der Waals surface area contributed by atoms with Crippen LogP contribution < -0.4 is 5.73 Å². The number of rotatable bonds is 11. The number of sulfonamides is 1. The summed E-state index contributed by atoms with van der Waals surface area (Å²) in [5.74, 6) is 0.0740. The number of nitrogens with two attached hydrogens (primary N) is 1. The van der Waals surface area contributed by atoms with Crippen LogP contribution in [0.3, 0.4) is 0 Å². The molecule has 2 fully saturated rings. The minimum Gasteiger partial charge on any atom is -0.383 e. The molecule has 3 N–H and O–H groups in total. The van der Waals surface area contributed by atoms with Gasteiger partial charge in [0.05, 0.1) is 18.8 Å². The van der Waals surface area contributed by atoms with E-state index in [0.29, 0.717) is 32.2 Å². The van der Waals surface area contributed by atoms with Crippen molar-refractivity contribution in [2.24, 2.45) is 5.73 Å². The highest BCUT2D eigenvalue weighted by molar-refractivity contribution is 7.89. The Labute approximate surface area is 231 Å². The molecule has 210 valence electrons. The molecule has 1 amide bonds. The van der Waals surface area contributed by atoms with Crippen molar-refractivity contribution in [2.75, 3.05) is 45.6 Å². The van der Waals surface area contributed by atoms with Gasteiger partial charge in [0.25, 0.3) is 0 Å². The van der Waals surface area contributed by atoms with E-state index in [4.69, 9.17) is 10.5 Å². The van der Waals surface area contributed by atoms with Crippen molar-refractivity contribution >= 4 is 26.8 Å². The number of ether oxygens (including phenoxy) is 1. The second-order valence-electron chi connectivity index (χ2n) is 10.9. The lowest BCUT2D eigenvalue weighted by Crippen LogP contribution is -2.40. The maximum atomic E-state index is 13.2. The van der Waals surface area contributed by atoms with Crippen molar-refractivity contribution in [2.45, 2.75) is 50.5 Å². The minimum absolute atomic E-state index is 0.164. The number of H-pyrrole nitrogens is 1. The highest BCUT2D eigenvalue weighted by Crippen LogP contribution is 2.37. The summed E-state index contributed by atoms with van der Waals surface area (Å²) in [5.41, 5.74) is 10.7. The average molecular weight is 553 g/mol. The number of hydrogen-bond donors (Lipinski definition) is 2. The monoisotopic (exact) mass is 552 g/mol. The fourth-order valence-corrected chi connectivity index (χ4v) is 7.90. The molecule has 0 radical (unpaired) electrons. The van der Waals surface area contributed by atoms with Crippen LogP contribution in [-0.4, -0.2) is 80.2 Å². The van der Waals surface area contributed by atoms with E-state index in [-0.39, 0.29) is 24.0 Å². The SMILES string of the molecule is COC[C@@H]1CCCN1CCCS(=O)(=O)N1CCC(c2c[nH]c3c(CC(N)=O)cc(-c4ccccc4)cc23)CC1. The Morgan fingerprint density at radius 1 is 1.08 bits per heavy atom. The Morgan fingerprint density at radius 2 is 1.85 bits per heavy atom. The molecule has 0 aliphatic carbocycles. The van der Waals surface area contributed by atoms with Crippen molar-refractivity contribution in [3.05, 3.63) is 59.8 Å². The first kappa shape index (κ1) is 27.8. The minimum atomic E-state index is -3.29. The second-order valence-corrected chi connectivity index (χ2v) is 13.0. The van der Waals surface area contributed by atoms with Gasteiger partial charge in [-0.05, 0) is 85.5 Å². The molecule has 1 atom stereocenters. The quantitative estimate of drug-likeness (QED) is 0.375. The van der Waals surface area contributed by atoms with Gasteiger partial charge in [0.1, 0.15) is 0 Å². The van der Waals surface area contributed by atoms with E-state index >= 15 is 0 Å². The number of aromatic amines is 1. The maximum absolute atomic E-state index is 13.2. The first-order valence-corrected chi connectivity index (χ1v) is 15.6. The summed E-state index contributed by atoms with van der Waals surface area (Å²) in [7, 11) is -1.56. The zero-order chi connectivity index (χ0) is 27.4. The standard InChI is InChI=1S/C30H40N4O4S/c1-38-21-26-9-5-12-33(26)13-6-16-39(36,37)34-14-10-23(11-15-34)28-20-32-30-25(19-29(31)35)17-24(18-27(28)30)22-7-3-2-4-8-22/h2-4,7-8,17-18,20,23,26,32H,5-6,9-16,19,21H2,1H3,(H2,31,35)/t26-/m0/s1. The molecule has 3 heterocycles. The number of nitrogens with one attached hydrogen (secondary N) is 1. The molecule has 9 heteroatoms. The Bertz CT molecular complexity index is 1380. The van der Waals surface area contributed by atoms with Gasteiger partial charge in [-0.15, -0.1) is 0 Å². The normalized spacial score (nSPS) is 19.7. The number of piperidine rings is 1. The second kappa shape index (κ2) is 12.2. The van der Waals surface area contributed by atoms with Crippen LogP contribution in [0.4, 0.5) is 0 Å². The number of benzene rings is 2. The Balaban J connectivity index is 1.26. The fourth-order valence-electron chi connectivity index (χ4n) is 6.38. The topological polar surface area (TPSA) is 109 Å². The third kappa shape index (κ3) is 6.38. The van der Waals surface area contributed by atoms with E-state index < -0.39 is 10.0 Å². The van der Waals surface area contributed by atoms with Gasteiger partial charge >= 0.3 is 0 Å². The molecule has 3 aromatic rings. The van der Waals surface area contributed by atoms with E-state index in [1.807, 2.05) is 30.5 Å². The molecule has 39 heavy (non-hydrogen) atoms. The molecule has 5 rings (SSSR count). The zero-order valence-electron chi connectivity index (χ0n) is 22.8. The number of methoxy groups -OCH3 is 1. The molecule has 0 spiro atoms. The van der Waals surface area contributed by atoms with Gasteiger partial charge in [-0.1, -0.05) is 30.3 Å². The lowest BCUT2D eigenvalue weighted by Gasteiger charge is -2.31. The summed E-state index contributed by atoms with van der Waals surface area (Å²) in [6, 6.07) is 14.8. The smallest absolute Gasteiger partial charge is 0.221 e. The predicted octanol–water partition coefficient (Wildman–Crippen LogP) is 3.87. The van der Waals surface area contributed by atoms with Crippen LogP contribution in [0.2, 0.25) is 0 Å². The van der Waals surface area contributed by atoms with Crippen LogP contribution in [0.25, 0.3) is 22.0 Å². The highest BCUT2D eigenvalue weighted by atomic mass is 32.2. The lowest BCUT2D eigenvalue weighted by molar-refractivity contribution is -0.117. The molecule has 1 aromatic heterocycles. The number of aromatic nitrogens is 1. The van der Waals surface area contributed by atoms with Crippen LogP contribution in [-0.2, 0) is 26.0 Å². The van der Waals surface area contributed by atoms with Crippen molar-refractivity contribution < 1.29 is 17.9 Å². The third-order valence-electron chi connectivity index (χ3n) is 8.37. The number of hydrogen-bond acceptors (Lipinski definition) is 5. The molecule has 0 bridgehead atoms. The van der Waals surface area contributed by atoms with E-state index in [1.165, 1.54) is 5.56 Å². The third-order valence-corrected chi connectivity index (χ3v) is 10.3. The number of likely N-dealkylation sites (tertiary alicyclic amines) is 1. The summed E-state index contributed by atoms with van der Waals surface area (Å²) < 4.78 is 33.3. The molecular formula is C30H40N4O4S. The number of primary amides is 1. The van der Waals surface area contributed by atoms with Crippen LogP contribution in [0.15, 0.2) is 48.7 Å². The van der Waals surface area contributed by atoms with E-state index in [1.54, 1.807) is 11.4 Å². The van der Waals surface area contributed by atoms with Gasteiger partial charge in [0, 0.05) is 43.3 Å². The number of carbonyl (C=O) groups is 1. The summed E-state index contributed by atoms with van der Waals surface area (Å²) in [5, 5.41) is 1.09. The number of nitrogens with zero attached hydrogens (tertiary/aromatic N) is 2. The molecule has 2 aromatic carbocycles. The molecule has 2 aliphatic rings. The van der Waals surface area contributed by atoms with Gasteiger partial charge in [-0.3, -0.25) is 9.69 Å². The van der Waals surface area contributed by atoms with Gasteiger partial charge in [-0.2, -0.15) is 0 Å². The van der Waals surface area contributed by atoms with Gasteiger partial charge in [0.15, 0.2) is 0 Å². The van der Waals surface area contributed by atoms with Crippen molar-refractivity contribution in [3.63, 3.8) is 0 Å². The summed E-state index contributed by atoms with van der Waals surface area (Å²) >= 11 is 0. The lowest BCUT2D eigenvalue weighted by atomic mass is 9.88. The van der Waals surface area contributed by atoms with Crippen molar-refractivity contribution in [3.8, 4) is 11.1 Å². The van der Waals surface area contributed by atoms with Crippen LogP contribution in [0, 0.1) is 0 Å². The average Bonchev–Trinajstić information content (AvgIpc) is 3.56. The molecule has 8 nitrogen and oxygen atoms in total. The predicted molar refractivity (Wildman–Crippen MR) is 155 cm³/mol. The molecular weight excluding hydrogens is 512 g/mol. The molecule has 0 saturated carbocycles. The Kier molecular flexibility index (Phi) is 8.71. The number of carbonyl (C=O) groups excluding carboxylic acids is 1. The maximum Gasteiger partial charge on any atom is 0.221 e. The van der Waals surface area contributed by atoms with Crippen molar-refractivity contribution in [1.82, 2.24) is 14.2 Å². The van der Waals surface area contributed by atoms with Gasteiger partial charge < -0.3 is 15.5 Å². The summed E-state index contributed by atoms with van der Waals surface area (Å²) in [4.78, 5) is 17.6. The van der Waals surface area contributed by atoms with Crippen LogP contribution >= 0.6 is 0 Å². The largest absolute Gasteiger partial charge is 0.383 e.